The van der Waals surface area contributed by atoms with Gasteiger partial charge in [0, 0.05) is 0 Å². The van der Waals surface area contributed by atoms with Gasteiger partial charge in [-0.25, -0.2) is 9.59 Å². The lowest BCUT2D eigenvalue weighted by molar-refractivity contribution is 0.0505. The zero-order chi connectivity index (χ0) is 19.1. The predicted molar refractivity (Wildman–Crippen MR) is 98.8 cm³/mol. The minimum Gasteiger partial charge on any atom is -0.508 e. The van der Waals surface area contributed by atoms with Gasteiger partial charge in [0.15, 0.2) is 0 Å². The second-order valence-corrected chi connectivity index (χ2v) is 6.13. The van der Waals surface area contributed by atoms with Gasteiger partial charge in [-0.2, -0.15) is 0 Å². The average Bonchev–Trinajstić information content (AvgIpc) is 2.65. The van der Waals surface area contributed by atoms with Crippen molar-refractivity contribution in [2.75, 3.05) is 6.61 Å². The van der Waals surface area contributed by atoms with Crippen molar-refractivity contribution in [1.29, 1.82) is 0 Å². The van der Waals surface area contributed by atoms with E-state index in [0.29, 0.717) is 23.5 Å². The van der Waals surface area contributed by atoms with Gasteiger partial charge < -0.3 is 14.6 Å². The Labute approximate surface area is 153 Å². The van der Waals surface area contributed by atoms with Crippen LogP contribution in [-0.4, -0.2) is 23.7 Å². The molecular formula is C21H24O5. The molecule has 26 heavy (non-hydrogen) atoms. The summed E-state index contributed by atoms with van der Waals surface area (Å²) in [5.41, 5.74) is 1.57. The van der Waals surface area contributed by atoms with Gasteiger partial charge in [0.2, 0.25) is 0 Å². The largest absolute Gasteiger partial charge is 0.508 e. The average molecular weight is 356 g/mol. The van der Waals surface area contributed by atoms with E-state index in [-0.39, 0.29) is 11.7 Å². The molecule has 1 N–H and O–H groups in total. The Bertz CT molecular complexity index is 764. The van der Waals surface area contributed by atoms with Gasteiger partial charge in [-0.05, 0) is 66.8 Å². The standard InChI is InChI=1S/C21H24O5/c1-4-12-25-20(23)15-6-9-17(10-7-15)26-21(24)18-11-8-16(22)13-19(18)14(3)5-2/h6-11,13-14,22H,4-5,12H2,1-3H3. The van der Waals surface area contributed by atoms with Crippen LogP contribution in [0.1, 0.15) is 65.8 Å². The first-order valence-electron chi connectivity index (χ1n) is 8.78. The van der Waals surface area contributed by atoms with E-state index in [2.05, 4.69) is 0 Å². The second-order valence-electron chi connectivity index (χ2n) is 6.13. The molecule has 0 aliphatic carbocycles. The number of esters is 2. The quantitative estimate of drug-likeness (QED) is 0.575. The van der Waals surface area contributed by atoms with Crippen LogP contribution in [0.4, 0.5) is 0 Å². The van der Waals surface area contributed by atoms with Crippen LogP contribution in [-0.2, 0) is 4.74 Å². The molecule has 2 rings (SSSR count). The van der Waals surface area contributed by atoms with E-state index >= 15 is 0 Å². The lowest BCUT2D eigenvalue weighted by Gasteiger charge is -2.14. The Morgan fingerprint density at radius 2 is 1.73 bits per heavy atom. The van der Waals surface area contributed by atoms with Crippen molar-refractivity contribution < 1.29 is 24.2 Å². The van der Waals surface area contributed by atoms with Crippen LogP contribution in [0.5, 0.6) is 11.5 Å². The molecule has 0 radical (unpaired) electrons. The van der Waals surface area contributed by atoms with Crippen LogP contribution in [0.25, 0.3) is 0 Å². The number of carbonyl (C=O) groups excluding carboxylic acids is 2. The van der Waals surface area contributed by atoms with Crippen LogP contribution in [0, 0.1) is 0 Å². The minimum absolute atomic E-state index is 0.111. The van der Waals surface area contributed by atoms with Crippen LogP contribution in [0.15, 0.2) is 42.5 Å². The number of hydrogen-bond donors (Lipinski definition) is 1. The monoisotopic (exact) mass is 356 g/mol. The number of ether oxygens (including phenoxy) is 2. The summed E-state index contributed by atoms with van der Waals surface area (Å²) in [6, 6.07) is 10.9. The molecule has 0 saturated heterocycles. The molecule has 0 aromatic heterocycles. The molecule has 0 heterocycles. The molecule has 1 unspecified atom stereocenters. The Hall–Kier alpha value is -2.82. The maximum absolute atomic E-state index is 12.5. The summed E-state index contributed by atoms with van der Waals surface area (Å²) in [4.78, 5) is 24.3. The zero-order valence-corrected chi connectivity index (χ0v) is 15.3. The van der Waals surface area contributed by atoms with E-state index in [1.807, 2.05) is 20.8 Å². The molecule has 0 aliphatic heterocycles. The fourth-order valence-corrected chi connectivity index (χ4v) is 2.46. The molecule has 0 aliphatic rings. The molecule has 0 saturated carbocycles. The zero-order valence-electron chi connectivity index (χ0n) is 15.3. The molecule has 138 valence electrons. The minimum atomic E-state index is -0.499. The molecular weight excluding hydrogens is 332 g/mol. The molecule has 0 amide bonds. The summed E-state index contributed by atoms with van der Waals surface area (Å²) < 4.78 is 10.5. The van der Waals surface area contributed by atoms with Gasteiger partial charge >= 0.3 is 11.9 Å². The van der Waals surface area contributed by atoms with E-state index in [9.17, 15) is 14.7 Å². The highest BCUT2D eigenvalue weighted by molar-refractivity contribution is 5.93. The summed E-state index contributed by atoms with van der Waals surface area (Å²) in [6.07, 6.45) is 1.59. The summed E-state index contributed by atoms with van der Waals surface area (Å²) in [7, 11) is 0. The van der Waals surface area contributed by atoms with Gasteiger partial charge in [-0.15, -0.1) is 0 Å². The molecule has 0 spiro atoms. The first-order valence-corrected chi connectivity index (χ1v) is 8.78. The van der Waals surface area contributed by atoms with Crippen molar-refractivity contribution in [1.82, 2.24) is 0 Å². The summed E-state index contributed by atoms with van der Waals surface area (Å²) in [5.74, 6) is -0.332. The predicted octanol–water partition coefficient (Wildman–Crippen LogP) is 4.69. The number of benzene rings is 2. The number of phenolic OH excluding ortho intramolecular Hbond substituents is 1. The number of aromatic hydroxyl groups is 1. The molecule has 2 aromatic rings. The number of carbonyl (C=O) groups is 2. The highest BCUT2D eigenvalue weighted by Crippen LogP contribution is 2.27. The third kappa shape index (κ3) is 4.85. The maximum atomic E-state index is 12.5. The topological polar surface area (TPSA) is 72.8 Å². The third-order valence-electron chi connectivity index (χ3n) is 4.14. The Kier molecular flexibility index (Phi) is 6.78. The Morgan fingerprint density at radius 3 is 2.35 bits per heavy atom. The molecule has 2 aromatic carbocycles. The highest BCUT2D eigenvalue weighted by atomic mass is 16.5. The summed E-state index contributed by atoms with van der Waals surface area (Å²) in [5, 5.41) is 9.70. The maximum Gasteiger partial charge on any atom is 0.343 e. The first kappa shape index (κ1) is 19.5. The Balaban J connectivity index is 2.14. The fraction of sp³-hybridized carbons (Fsp3) is 0.333. The highest BCUT2D eigenvalue weighted by Gasteiger charge is 2.18. The normalized spacial score (nSPS) is 11.7. The molecule has 0 bridgehead atoms. The van der Waals surface area contributed by atoms with E-state index in [4.69, 9.17) is 9.47 Å². The second kappa shape index (κ2) is 9.04. The molecule has 5 heteroatoms. The first-order chi connectivity index (χ1) is 12.5. The van der Waals surface area contributed by atoms with Crippen LogP contribution in [0.2, 0.25) is 0 Å². The van der Waals surface area contributed by atoms with Crippen molar-refractivity contribution >= 4 is 11.9 Å². The lowest BCUT2D eigenvalue weighted by atomic mass is 9.93. The van der Waals surface area contributed by atoms with Crippen molar-refractivity contribution in [2.24, 2.45) is 0 Å². The van der Waals surface area contributed by atoms with Gasteiger partial charge in [0.1, 0.15) is 11.5 Å². The number of hydrogen-bond acceptors (Lipinski definition) is 5. The van der Waals surface area contributed by atoms with Crippen molar-refractivity contribution in [2.45, 2.75) is 39.5 Å². The van der Waals surface area contributed by atoms with E-state index in [1.54, 1.807) is 36.4 Å². The third-order valence-corrected chi connectivity index (χ3v) is 4.14. The van der Waals surface area contributed by atoms with Crippen LogP contribution < -0.4 is 4.74 Å². The Morgan fingerprint density at radius 1 is 1.04 bits per heavy atom. The van der Waals surface area contributed by atoms with Gasteiger partial charge in [-0.1, -0.05) is 20.8 Å². The van der Waals surface area contributed by atoms with Crippen LogP contribution >= 0.6 is 0 Å². The van der Waals surface area contributed by atoms with Crippen molar-refractivity contribution in [3.05, 3.63) is 59.2 Å². The van der Waals surface area contributed by atoms with Gasteiger partial charge in [0.05, 0.1) is 17.7 Å². The fourth-order valence-electron chi connectivity index (χ4n) is 2.46. The smallest absolute Gasteiger partial charge is 0.343 e. The molecule has 1 atom stereocenters. The SMILES string of the molecule is CCCOC(=O)c1ccc(OC(=O)c2ccc(O)cc2C(C)CC)cc1. The lowest BCUT2D eigenvalue weighted by Crippen LogP contribution is -2.13. The summed E-state index contributed by atoms with van der Waals surface area (Å²) >= 11 is 0. The van der Waals surface area contributed by atoms with E-state index < -0.39 is 11.9 Å². The van der Waals surface area contributed by atoms with Crippen LogP contribution in [0.3, 0.4) is 0 Å². The number of phenols is 1. The number of rotatable bonds is 7. The van der Waals surface area contributed by atoms with E-state index in [0.717, 1.165) is 18.4 Å². The van der Waals surface area contributed by atoms with Crippen molar-refractivity contribution in [3.63, 3.8) is 0 Å². The summed E-state index contributed by atoms with van der Waals surface area (Å²) in [6.45, 7) is 6.30. The van der Waals surface area contributed by atoms with E-state index in [1.165, 1.54) is 6.07 Å². The van der Waals surface area contributed by atoms with Gasteiger partial charge in [0.25, 0.3) is 0 Å². The molecule has 0 fully saturated rings. The van der Waals surface area contributed by atoms with Gasteiger partial charge in [-0.3, -0.25) is 0 Å². The van der Waals surface area contributed by atoms with Crippen molar-refractivity contribution in [3.8, 4) is 11.5 Å². The molecule has 5 nitrogen and oxygen atoms in total.